The van der Waals surface area contributed by atoms with E-state index in [2.05, 4.69) is 0 Å². The van der Waals surface area contributed by atoms with E-state index in [1.807, 2.05) is 0 Å². The first-order valence-electron chi connectivity index (χ1n) is 6.46. The number of hydrogen-bond acceptors (Lipinski definition) is 7. The number of esters is 2. The van der Waals surface area contributed by atoms with E-state index in [1.54, 1.807) is 41.5 Å². The zero-order valence-electron chi connectivity index (χ0n) is 13.2. The van der Waals surface area contributed by atoms with E-state index >= 15 is 0 Å². The number of carbonyl (C=O) groups is 2. The Morgan fingerprint density at radius 2 is 1.10 bits per heavy atom. The van der Waals surface area contributed by atoms with Crippen LogP contribution in [0.5, 0.6) is 0 Å². The van der Waals surface area contributed by atoms with Gasteiger partial charge in [-0.3, -0.25) is 0 Å². The van der Waals surface area contributed by atoms with Crippen molar-refractivity contribution < 1.29 is 19.1 Å². The van der Waals surface area contributed by atoms with Gasteiger partial charge >= 0.3 is 11.9 Å². The Labute approximate surface area is 128 Å². The first-order valence-corrected chi connectivity index (χ1v) is 7.28. The summed E-state index contributed by atoms with van der Waals surface area (Å²) < 4.78 is 10.5. The lowest BCUT2D eigenvalue weighted by molar-refractivity contribution is 0.00215. The van der Waals surface area contributed by atoms with Gasteiger partial charge in [0.1, 0.15) is 32.3 Å². The van der Waals surface area contributed by atoms with Gasteiger partial charge in [-0.05, 0) is 41.5 Å². The molecule has 118 valence electrons. The molecule has 0 saturated heterocycles. The Morgan fingerprint density at radius 3 is 1.33 bits per heavy atom. The van der Waals surface area contributed by atoms with Gasteiger partial charge in [0.2, 0.25) is 0 Å². The molecule has 0 aliphatic heterocycles. The molecule has 1 aromatic rings. The fourth-order valence-corrected chi connectivity index (χ4v) is 2.34. The van der Waals surface area contributed by atoms with E-state index in [9.17, 15) is 9.59 Å². The average molecular weight is 314 g/mol. The number of nitrogen functional groups attached to an aromatic ring is 2. The highest BCUT2D eigenvalue weighted by Crippen LogP contribution is 2.35. The summed E-state index contributed by atoms with van der Waals surface area (Å²) in [7, 11) is 0. The number of hydrogen-bond donors (Lipinski definition) is 2. The number of anilines is 2. The molecular formula is C14H22N2O4S. The zero-order chi connectivity index (χ0) is 16.6. The lowest BCUT2D eigenvalue weighted by Crippen LogP contribution is -2.28. The first-order chi connectivity index (χ1) is 9.32. The summed E-state index contributed by atoms with van der Waals surface area (Å²) in [6.07, 6.45) is 0. The Morgan fingerprint density at radius 1 is 0.810 bits per heavy atom. The van der Waals surface area contributed by atoms with E-state index in [0.717, 1.165) is 11.3 Å². The second kappa shape index (κ2) is 5.55. The van der Waals surface area contributed by atoms with Gasteiger partial charge in [-0.2, -0.15) is 0 Å². The van der Waals surface area contributed by atoms with E-state index in [1.165, 1.54) is 0 Å². The second-order valence-electron chi connectivity index (χ2n) is 6.58. The van der Waals surface area contributed by atoms with Crippen molar-refractivity contribution in [1.82, 2.24) is 0 Å². The third-order valence-electron chi connectivity index (χ3n) is 2.17. The predicted molar refractivity (Wildman–Crippen MR) is 83.5 cm³/mol. The maximum Gasteiger partial charge on any atom is 0.342 e. The Kier molecular flexibility index (Phi) is 4.57. The minimum Gasteiger partial charge on any atom is -0.456 e. The van der Waals surface area contributed by atoms with Crippen molar-refractivity contribution in [2.24, 2.45) is 0 Å². The Balaban J connectivity index is 3.22. The molecule has 0 saturated carbocycles. The van der Waals surface area contributed by atoms with Gasteiger partial charge in [-0.25, -0.2) is 9.59 Å². The van der Waals surface area contributed by atoms with Crippen LogP contribution in [-0.4, -0.2) is 23.1 Å². The molecule has 4 N–H and O–H groups in total. The summed E-state index contributed by atoms with van der Waals surface area (Å²) in [6, 6.07) is 0. The molecule has 6 nitrogen and oxygen atoms in total. The first kappa shape index (κ1) is 17.3. The minimum absolute atomic E-state index is 0.0262. The molecule has 7 heteroatoms. The SMILES string of the molecule is CC(C)(C)OC(=O)c1c(N)sc(N)c1C(=O)OC(C)(C)C. The van der Waals surface area contributed by atoms with Crippen LogP contribution in [0.1, 0.15) is 62.3 Å². The van der Waals surface area contributed by atoms with Gasteiger partial charge in [0.05, 0.1) is 0 Å². The van der Waals surface area contributed by atoms with Crippen molar-refractivity contribution in [3.05, 3.63) is 11.1 Å². The predicted octanol–water partition coefficient (Wildman–Crippen LogP) is 2.82. The van der Waals surface area contributed by atoms with Gasteiger partial charge in [-0.1, -0.05) is 11.3 Å². The minimum atomic E-state index is -0.703. The van der Waals surface area contributed by atoms with Crippen LogP contribution in [0.15, 0.2) is 0 Å². The van der Waals surface area contributed by atoms with Crippen LogP contribution < -0.4 is 11.5 Å². The van der Waals surface area contributed by atoms with Crippen LogP contribution >= 0.6 is 11.3 Å². The molecule has 0 aromatic carbocycles. The smallest absolute Gasteiger partial charge is 0.342 e. The molecule has 0 amide bonds. The van der Waals surface area contributed by atoms with E-state index < -0.39 is 23.1 Å². The van der Waals surface area contributed by atoms with Crippen molar-refractivity contribution in [2.75, 3.05) is 11.5 Å². The molecule has 0 radical (unpaired) electrons. The van der Waals surface area contributed by atoms with Crippen LogP contribution in [-0.2, 0) is 9.47 Å². The lowest BCUT2D eigenvalue weighted by atomic mass is 10.1. The van der Waals surface area contributed by atoms with E-state index in [-0.39, 0.29) is 21.1 Å². The number of thiophene rings is 1. The molecule has 1 heterocycles. The fraction of sp³-hybridized carbons (Fsp3) is 0.571. The topological polar surface area (TPSA) is 105 Å². The van der Waals surface area contributed by atoms with Crippen molar-refractivity contribution >= 4 is 33.3 Å². The molecule has 0 aliphatic carbocycles. The van der Waals surface area contributed by atoms with Gasteiger partial charge in [0.25, 0.3) is 0 Å². The third kappa shape index (κ3) is 4.63. The van der Waals surface area contributed by atoms with E-state index in [0.29, 0.717) is 0 Å². The highest BCUT2D eigenvalue weighted by atomic mass is 32.1. The molecule has 0 spiro atoms. The van der Waals surface area contributed by atoms with Crippen LogP contribution in [0, 0.1) is 0 Å². The van der Waals surface area contributed by atoms with Gasteiger partial charge in [0.15, 0.2) is 0 Å². The summed E-state index contributed by atoms with van der Waals surface area (Å²) in [5.41, 5.74) is 10.1. The van der Waals surface area contributed by atoms with Crippen molar-refractivity contribution in [3.63, 3.8) is 0 Å². The average Bonchev–Trinajstić information content (AvgIpc) is 2.47. The number of nitrogens with two attached hydrogens (primary N) is 2. The largest absolute Gasteiger partial charge is 0.456 e. The standard InChI is InChI=1S/C14H22N2O4S/c1-13(2,3)19-11(17)7-8(10(16)21-9(7)15)12(18)20-14(4,5)6/h15-16H2,1-6H3. The summed E-state index contributed by atoms with van der Waals surface area (Å²) in [6.45, 7) is 10.4. The number of ether oxygens (including phenoxy) is 2. The third-order valence-corrected chi connectivity index (χ3v) is 3.02. The highest BCUT2D eigenvalue weighted by Gasteiger charge is 2.32. The van der Waals surface area contributed by atoms with Crippen LogP contribution in [0.2, 0.25) is 0 Å². The molecule has 1 aromatic heterocycles. The summed E-state index contributed by atoms with van der Waals surface area (Å²) in [5, 5.41) is 0.283. The lowest BCUT2D eigenvalue weighted by Gasteiger charge is -2.21. The van der Waals surface area contributed by atoms with Crippen LogP contribution in [0.4, 0.5) is 10.0 Å². The summed E-state index contributed by atoms with van der Waals surface area (Å²) in [5.74, 6) is -1.37. The molecule has 0 fully saturated rings. The van der Waals surface area contributed by atoms with Crippen LogP contribution in [0.3, 0.4) is 0 Å². The maximum atomic E-state index is 12.2. The van der Waals surface area contributed by atoms with Crippen molar-refractivity contribution in [1.29, 1.82) is 0 Å². The maximum absolute atomic E-state index is 12.2. The molecule has 0 aliphatic rings. The fourth-order valence-electron chi connectivity index (χ4n) is 1.53. The number of rotatable bonds is 2. The van der Waals surface area contributed by atoms with Crippen molar-refractivity contribution in [2.45, 2.75) is 52.7 Å². The van der Waals surface area contributed by atoms with Crippen molar-refractivity contribution in [3.8, 4) is 0 Å². The zero-order valence-corrected chi connectivity index (χ0v) is 14.0. The normalized spacial score (nSPS) is 12.1. The Bertz CT molecular complexity index is 516. The van der Waals surface area contributed by atoms with E-state index in [4.69, 9.17) is 20.9 Å². The van der Waals surface area contributed by atoms with Gasteiger partial charge in [-0.15, -0.1) is 0 Å². The second-order valence-corrected chi connectivity index (χ2v) is 7.67. The molecule has 21 heavy (non-hydrogen) atoms. The summed E-state index contributed by atoms with van der Waals surface area (Å²) in [4.78, 5) is 24.5. The monoisotopic (exact) mass is 314 g/mol. The van der Waals surface area contributed by atoms with Gasteiger partial charge in [0, 0.05) is 0 Å². The van der Waals surface area contributed by atoms with Gasteiger partial charge < -0.3 is 20.9 Å². The molecular weight excluding hydrogens is 292 g/mol. The quantitative estimate of drug-likeness (QED) is 0.813. The number of carbonyl (C=O) groups excluding carboxylic acids is 2. The molecule has 1 rings (SSSR count). The molecule has 0 bridgehead atoms. The Hall–Kier alpha value is -1.76. The highest BCUT2D eigenvalue weighted by molar-refractivity contribution is 7.20. The summed E-state index contributed by atoms with van der Waals surface area (Å²) >= 11 is 0.958. The molecule has 0 unspecified atom stereocenters. The van der Waals surface area contributed by atoms with Crippen LogP contribution in [0.25, 0.3) is 0 Å². The molecule has 0 atom stereocenters.